The SMILES string of the molecule is CC(C)Sc1ccc(S(=O)(=O)N2CCC(Cc3cn(CC(=O)O)c4ccc(Cl)cc34)C2)cc1. The van der Waals surface area contributed by atoms with Crippen LogP contribution in [0, 0.1) is 5.92 Å². The van der Waals surface area contributed by atoms with Gasteiger partial charge in [-0.15, -0.1) is 11.8 Å². The molecule has 0 spiro atoms. The second kappa shape index (κ2) is 9.70. The van der Waals surface area contributed by atoms with Crippen LogP contribution in [0.4, 0.5) is 0 Å². The zero-order valence-corrected chi connectivity index (χ0v) is 21.0. The van der Waals surface area contributed by atoms with Gasteiger partial charge in [0.2, 0.25) is 10.0 Å². The normalized spacial score (nSPS) is 17.3. The molecule has 3 aromatic rings. The van der Waals surface area contributed by atoms with Gasteiger partial charge in [0.1, 0.15) is 6.54 Å². The molecule has 4 rings (SSSR count). The van der Waals surface area contributed by atoms with Crippen molar-refractivity contribution in [1.29, 1.82) is 0 Å². The van der Waals surface area contributed by atoms with Crippen LogP contribution in [0.15, 0.2) is 58.5 Å². The molecule has 33 heavy (non-hydrogen) atoms. The van der Waals surface area contributed by atoms with Gasteiger partial charge in [-0.05, 0) is 66.8 Å². The highest BCUT2D eigenvalue weighted by Crippen LogP contribution is 2.32. The summed E-state index contributed by atoms with van der Waals surface area (Å²) in [5.74, 6) is -0.761. The number of nitrogens with zero attached hydrogens (tertiary/aromatic N) is 2. The van der Waals surface area contributed by atoms with Crippen molar-refractivity contribution < 1.29 is 18.3 Å². The van der Waals surface area contributed by atoms with E-state index in [0.29, 0.717) is 34.7 Å². The second-order valence-corrected chi connectivity index (χ2v) is 12.7. The first-order valence-electron chi connectivity index (χ1n) is 10.9. The van der Waals surface area contributed by atoms with Gasteiger partial charge in [-0.1, -0.05) is 25.4 Å². The van der Waals surface area contributed by atoms with Gasteiger partial charge in [-0.25, -0.2) is 8.42 Å². The predicted molar refractivity (Wildman–Crippen MR) is 133 cm³/mol. The molecule has 176 valence electrons. The van der Waals surface area contributed by atoms with Gasteiger partial charge in [0.15, 0.2) is 0 Å². The number of hydrogen-bond donors (Lipinski definition) is 1. The number of carboxylic acids is 1. The van der Waals surface area contributed by atoms with Crippen LogP contribution >= 0.6 is 23.4 Å². The summed E-state index contributed by atoms with van der Waals surface area (Å²) < 4.78 is 29.6. The Kier molecular flexibility index (Phi) is 7.09. The van der Waals surface area contributed by atoms with Gasteiger partial charge in [-0.3, -0.25) is 4.79 Å². The molecule has 0 amide bonds. The standard InChI is InChI=1S/C24H27ClN2O4S2/c1-16(2)32-20-4-6-21(7-5-20)33(30,31)27-10-9-17(13-27)11-18-14-26(15-24(28)29)23-8-3-19(25)12-22(18)23/h3-8,12,14,16-17H,9-11,13,15H2,1-2H3,(H,28,29). The fraction of sp³-hybridized carbons (Fsp3) is 0.375. The summed E-state index contributed by atoms with van der Waals surface area (Å²) in [6.07, 6.45) is 3.28. The number of carbonyl (C=O) groups is 1. The number of aliphatic carboxylic acids is 1. The van der Waals surface area contributed by atoms with Gasteiger partial charge < -0.3 is 9.67 Å². The maximum Gasteiger partial charge on any atom is 0.323 e. The molecule has 1 aliphatic rings. The lowest BCUT2D eigenvalue weighted by atomic mass is 9.98. The van der Waals surface area contributed by atoms with Crippen LogP contribution in [0.25, 0.3) is 10.9 Å². The van der Waals surface area contributed by atoms with Gasteiger partial charge >= 0.3 is 5.97 Å². The molecule has 2 aromatic carbocycles. The molecule has 0 aliphatic carbocycles. The molecule has 1 atom stereocenters. The minimum atomic E-state index is -3.55. The molecule has 1 N–H and O–H groups in total. The first kappa shape index (κ1) is 24.1. The number of halogens is 1. The van der Waals surface area contributed by atoms with Crippen molar-refractivity contribution in [1.82, 2.24) is 8.87 Å². The number of aromatic nitrogens is 1. The van der Waals surface area contributed by atoms with Gasteiger partial charge in [0, 0.05) is 45.4 Å². The van der Waals surface area contributed by atoms with Crippen molar-refractivity contribution in [2.24, 2.45) is 5.92 Å². The van der Waals surface area contributed by atoms with Gasteiger partial charge in [0.05, 0.1) is 4.90 Å². The third-order valence-electron chi connectivity index (χ3n) is 5.82. The Morgan fingerprint density at radius 3 is 2.61 bits per heavy atom. The molecule has 6 nitrogen and oxygen atoms in total. The van der Waals surface area contributed by atoms with E-state index in [0.717, 1.165) is 27.8 Å². The molecule has 2 heterocycles. The Labute approximate surface area is 203 Å². The van der Waals surface area contributed by atoms with Crippen molar-refractivity contribution in [3.63, 3.8) is 0 Å². The minimum absolute atomic E-state index is 0.131. The topological polar surface area (TPSA) is 79.6 Å². The Morgan fingerprint density at radius 1 is 1.21 bits per heavy atom. The number of carboxylic acid groups (broad SMARTS) is 1. The molecule has 1 fully saturated rings. The highest BCUT2D eigenvalue weighted by atomic mass is 35.5. The van der Waals surface area contributed by atoms with Crippen molar-refractivity contribution in [2.75, 3.05) is 13.1 Å². The number of thioether (sulfide) groups is 1. The van der Waals surface area contributed by atoms with E-state index in [2.05, 4.69) is 13.8 Å². The van der Waals surface area contributed by atoms with E-state index in [-0.39, 0.29) is 12.5 Å². The summed E-state index contributed by atoms with van der Waals surface area (Å²) in [6.45, 7) is 4.99. The zero-order valence-electron chi connectivity index (χ0n) is 18.6. The molecule has 1 saturated heterocycles. The fourth-order valence-electron chi connectivity index (χ4n) is 4.39. The number of rotatable bonds is 8. The number of benzene rings is 2. The van der Waals surface area contributed by atoms with E-state index >= 15 is 0 Å². The molecule has 1 aromatic heterocycles. The van der Waals surface area contributed by atoms with Gasteiger partial charge in [-0.2, -0.15) is 4.31 Å². The lowest BCUT2D eigenvalue weighted by Crippen LogP contribution is -2.29. The number of sulfonamides is 1. The lowest BCUT2D eigenvalue weighted by Gasteiger charge is -2.17. The van der Waals surface area contributed by atoms with E-state index in [1.165, 1.54) is 0 Å². The Hall–Kier alpha value is -2.00. The van der Waals surface area contributed by atoms with Crippen LogP contribution in [-0.4, -0.2) is 46.7 Å². The quantitative estimate of drug-likeness (QED) is 0.428. The van der Waals surface area contributed by atoms with Crippen LogP contribution in [0.1, 0.15) is 25.8 Å². The monoisotopic (exact) mass is 506 g/mol. The Balaban J connectivity index is 1.51. The average molecular weight is 507 g/mol. The average Bonchev–Trinajstić information content (AvgIpc) is 3.33. The first-order chi connectivity index (χ1) is 15.6. The summed E-state index contributed by atoms with van der Waals surface area (Å²) in [5.41, 5.74) is 1.81. The molecular formula is C24H27ClN2O4S2. The summed E-state index contributed by atoms with van der Waals surface area (Å²) >= 11 is 7.90. The van der Waals surface area contributed by atoms with Crippen LogP contribution < -0.4 is 0 Å². The number of fused-ring (bicyclic) bond motifs is 1. The summed E-state index contributed by atoms with van der Waals surface area (Å²) in [7, 11) is -3.55. The third kappa shape index (κ3) is 5.40. The molecule has 0 saturated carbocycles. The second-order valence-electron chi connectivity index (χ2n) is 8.70. The molecular weight excluding hydrogens is 480 g/mol. The van der Waals surface area contributed by atoms with Gasteiger partial charge in [0.25, 0.3) is 0 Å². The highest BCUT2D eigenvalue weighted by Gasteiger charge is 2.33. The number of hydrogen-bond acceptors (Lipinski definition) is 4. The largest absolute Gasteiger partial charge is 0.480 e. The minimum Gasteiger partial charge on any atom is -0.480 e. The van der Waals surface area contributed by atoms with Crippen LogP contribution in [0.3, 0.4) is 0 Å². The van der Waals surface area contributed by atoms with Crippen molar-refractivity contribution >= 4 is 50.3 Å². The van der Waals surface area contributed by atoms with Crippen molar-refractivity contribution in [3.8, 4) is 0 Å². The van der Waals surface area contributed by atoms with E-state index in [9.17, 15) is 18.3 Å². The maximum atomic E-state index is 13.2. The molecule has 0 bridgehead atoms. The van der Waals surface area contributed by atoms with E-state index < -0.39 is 16.0 Å². The lowest BCUT2D eigenvalue weighted by molar-refractivity contribution is -0.137. The van der Waals surface area contributed by atoms with E-state index in [1.54, 1.807) is 38.8 Å². The van der Waals surface area contributed by atoms with Crippen LogP contribution in [0.2, 0.25) is 5.02 Å². The van der Waals surface area contributed by atoms with E-state index in [1.807, 2.05) is 30.5 Å². The Morgan fingerprint density at radius 2 is 1.94 bits per heavy atom. The Bertz CT molecular complexity index is 1270. The van der Waals surface area contributed by atoms with Crippen molar-refractivity contribution in [2.45, 2.75) is 48.3 Å². The fourth-order valence-corrected chi connectivity index (χ4v) is 6.93. The van der Waals surface area contributed by atoms with E-state index in [4.69, 9.17) is 11.6 Å². The van der Waals surface area contributed by atoms with Crippen LogP contribution in [-0.2, 0) is 27.8 Å². The van der Waals surface area contributed by atoms with Crippen LogP contribution in [0.5, 0.6) is 0 Å². The summed E-state index contributed by atoms with van der Waals surface area (Å²) in [4.78, 5) is 12.6. The summed E-state index contributed by atoms with van der Waals surface area (Å²) in [6, 6.07) is 12.5. The third-order valence-corrected chi connectivity index (χ3v) is 8.95. The molecule has 0 radical (unpaired) electrons. The maximum absolute atomic E-state index is 13.2. The summed E-state index contributed by atoms with van der Waals surface area (Å²) in [5, 5.41) is 11.2. The molecule has 1 aliphatic heterocycles. The highest BCUT2D eigenvalue weighted by molar-refractivity contribution is 7.99. The van der Waals surface area contributed by atoms with Crippen molar-refractivity contribution in [3.05, 3.63) is 59.2 Å². The first-order valence-corrected chi connectivity index (χ1v) is 13.6. The zero-order chi connectivity index (χ0) is 23.8. The molecule has 1 unspecified atom stereocenters. The smallest absolute Gasteiger partial charge is 0.323 e. The predicted octanol–water partition coefficient (Wildman–Crippen LogP) is 5.13. The molecule has 9 heteroatoms.